The van der Waals surface area contributed by atoms with Crippen molar-refractivity contribution >= 4 is 0 Å². The van der Waals surface area contributed by atoms with Gasteiger partial charge in [-0.1, -0.05) is 44.2 Å². The molecule has 4 heteroatoms. The van der Waals surface area contributed by atoms with Crippen molar-refractivity contribution < 1.29 is 19.6 Å². The largest absolute Gasteiger partial charge is 0.230 e. The molecular formula is C25H44O4. The molecule has 1 aromatic carbocycles. The van der Waals surface area contributed by atoms with Crippen LogP contribution >= 0.6 is 0 Å². The fraction of sp³-hybridized carbons (Fsp3) is 0.760. The van der Waals surface area contributed by atoms with Crippen LogP contribution in [-0.4, -0.2) is 22.4 Å². The van der Waals surface area contributed by atoms with Gasteiger partial charge in [0.25, 0.3) is 0 Å². The van der Waals surface area contributed by atoms with E-state index in [0.29, 0.717) is 0 Å². The molecular weight excluding hydrogens is 364 g/mol. The normalized spacial score (nSPS) is 16.0. The molecule has 1 rings (SSSR count). The van der Waals surface area contributed by atoms with Gasteiger partial charge in [-0.3, -0.25) is 0 Å². The summed E-state index contributed by atoms with van der Waals surface area (Å²) < 4.78 is 0. The molecule has 0 aliphatic heterocycles. The Morgan fingerprint density at radius 3 is 1.55 bits per heavy atom. The van der Waals surface area contributed by atoms with E-state index < -0.39 is 11.2 Å². The van der Waals surface area contributed by atoms with Crippen molar-refractivity contribution in [2.75, 3.05) is 0 Å². The summed E-state index contributed by atoms with van der Waals surface area (Å²) >= 11 is 0. The van der Waals surface area contributed by atoms with Gasteiger partial charge in [0.15, 0.2) is 0 Å². The molecule has 0 fully saturated rings. The molecule has 4 nitrogen and oxygen atoms in total. The first-order chi connectivity index (χ1) is 12.9. The third-order valence-corrected chi connectivity index (χ3v) is 4.64. The molecule has 1 unspecified atom stereocenters. The fourth-order valence-electron chi connectivity index (χ4n) is 3.16. The van der Waals surface area contributed by atoms with Crippen LogP contribution in [0.1, 0.15) is 101 Å². The maximum Gasteiger partial charge on any atom is 0.102 e. The first-order valence-corrected chi connectivity index (χ1v) is 10.7. The van der Waals surface area contributed by atoms with Crippen molar-refractivity contribution in [3.05, 3.63) is 35.9 Å². The highest BCUT2D eigenvalue weighted by atomic mass is 17.2. The standard InChI is InChI=1S/C25H44O4/c1-21(2,3)26-28-24(9,10)17-18-25(11,29-27-22(4,5)6)19-23(7,8)20-15-13-12-14-16-20/h12-16H,17-19H2,1-11H3. The first-order valence-electron chi connectivity index (χ1n) is 10.7. The average Bonchev–Trinajstić information content (AvgIpc) is 2.56. The van der Waals surface area contributed by atoms with E-state index in [1.165, 1.54) is 5.56 Å². The minimum Gasteiger partial charge on any atom is -0.230 e. The third-order valence-electron chi connectivity index (χ3n) is 4.64. The predicted molar refractivity (Wildman–Crippen MR) is 120 cm³/mol. The monoisotopic (exact) mass is 408 g/mol. The molecule has 168 valence electrons. The average molecular weight is 409 g/mol. The smallest absolute Gasteiger partial charge is 0.102 e. The van der Waals surface area contributed by atoms with Gasteiger partial charge in [-0.05, 0) is 92.6 Å². The van der Waals surface area contributed by atoms with Crippen LogP contribution in [0, 0.1) is 0 Å². The van der Waals surface area contributed by atoms with Crippen LogP contribution < -0.4 is 0 Å². The molecule has 0 aliphatic carbocycles. The highest BCUT2D eigenvalue weighted by molar-refractivity contribution is 5.24. The summed E-state index contributed by atoms with van der Waals surface area (Å²) in [6, 6.07) is 10.6. The van der Waals surface area contributed by atoms with Gasteiger partial charge in [0.1, 0.15) is 5.60 Å². The number of rotatable bonds is 10. The van der Waals surface area contributed by atoms with Gasteiger partial charge >= 0.3 is 0 Å². The van der Waals surface area contributed by atoms with Crippen LogP contribution in [-0.2, 0) is 25.0 Å². The second kappa shape index (κ2) is 9.47. The van der Waals surface area contributed by atoms with Crippen LogP contribution in [0.4, 0.5) is 0 Å². The van der Waals surface area contributed by atoms with Crippen LogP contribution in [0.2, 0.25) is 0 Å². The maximum absolute atomic E-state index is 6.10. The molecule has 0 bridgehead atoms. The molecule has 1 atom stereocenters. The molecule has 0 amide bonds. The molecule has 0 saturated heterocycles. The van der Waals surface area contributed by atoms with Crippen LogP contribution in [0.3, 0.4) is 0 Å². The van der Waals surface area contributed by atoms with E-state index in [1.807, 2.05) is 61.5 Å². The van der Waals surface area contributed by atoms with Gasteiger partial charge in [-0.2, -0.15) is 0 Å². The molecule has 0 radical (unpaired) electrons. The zero-order valence-electron chi connectivity index (χ0n) is 20.6. The zero-order valence-corrected chi connectivity index (χ0v) is 20.6. The van der Waals surface area contributed by atoms with Gasteiger partial charge in [0.05, 0.1) is 16.8 Å². The Balaban J connectivity index is 2.94. The van der Waals surface area contributed by atoms with Crippen molar-refractivity contribution in [3.8, 4) is 0 Å². The number of hydrogen-bond donors (Lipinski definition) is 0. The topological polar surface area (TPSA) is 36.9 Å². The summed E-state index contributed by atoms with van der Waals surface area (Å²) in [4.78, 5) is 23.2. The Morgan fingerprint density at radius 1 is 0.586 bits per heavy atom. The molecule has 0 N–H and O–H groups in total. The van der Waals surface area contributed by atoms with Crippen LogP contribution in [0.15, 0.2) is 30.3 Å². The van der Waals surface area contributed by atoms with Crippen molar-refractivity contribution in [3.63, 3.8) is 0 Å². The Bertz CT molecular complexity index is 608. The minimum atomic E-state index is -0.477. The van der Waals surface area contributed by atoms with Crippen molar-refractivity contribution in [1.82, 2.24) is 0 Å². The quantitative estimate of drug-likeness (QED) is 0.304. The lowest BCUT2D eigenvalue weighted by molar-refractivity contribution is -0.414. The lowest BCUT2D eigenvalue weighted by atomic mass is 9.74. The Morgan fingerprint density at radius 2 is 1.07 bits per heavy atom. The Hall–Kier alpha value is -0.940. The molecule has 0 aromatic heterocycles. The van der Waals surface area contributed by atoms with Crippen molar-refractivity contribution in [2.24, 2.45) is 0 Å². The third kappa shape index (κ3) is 10.6. The van der Waals surface area contributed by atoms with E-state index in [2.05, 4.69) is 45.0 Å². The van der Waals surface area contributed by atoms with E-state index in [9.17, 15) is 0 Å². The maximum atomic E-state index is 6.10. The van der Waals surface area contributed by atoms with Gasteiger partial charge in [0.2, 0.25) is 0 Å². The summed E-state index contributed by atoms with van der Waals surface area (Å²) in [5, 5.41) is 0. The SMILES string of the molecule is CC(C)(C)OOC(C)(C)CCC(C)(CC(C)(C)c1ccccc1)OOC(C)(C)C. The van der Waals surface area contributed by atoms with Gasteiger partial charge in [-0.25, -0.2) is 19.6 Å². The summed E-state index contributed by atoms with van der Waals surface area (Å²) in [6.07, 6.45) is 2.37. The van der Waals surface area contributed by atoms with Gasteiger partial charge in [0, 0.05) is 0 Å². The zero-order chi connectivity index (χ0) is 22.6. The van der Waals surface area contributed by atoms with E-state index in [0.717, 1.165) is 19.3 Å². The second-order valence-electron chi connectivity index (χ2n) is 11.7. The molecule has 0 heterocycles. The Kier molecular flexibility index (Phi) is 8.52. The van der Waals surface area contributed by atoms with E-state index in [-0.39, 0.29) is 16.6 Å². The minimum absolute atomic E-state index is 0.0653. The van der Waals surface area contributed by atoms with Gasteiger partial charge < -0.3 is 0 Å². The van der Waals surface area contributed by atoms with E-state index in [1.54, 1.807) is 0 Å². The molecule has 29 heavy (non-hydrogen) atoms. The number of benzene rings is 1. The van der Waals surface area contributed by atoms with E-state index >= 15 is 0 Å². The van der Waals surface area contributed by atoms with Crippen LogP contribution in [0.25, 0.3) is 0 Å². The first kappa shape index (κ1) is 26.1. The van der Waals surface area contributed by atoms with E-state index in [4.69, 9.17) is 19.6 Å². The fourth-order valence-corrected chi connectivity index (χ4v) is 3.16. The summed E-state index contributed by atoms with van der Waals surface area (Å²) in [5.41, 5.74) is -0.408. The van der Waals surface area contributed by atoms with Crippen molar-refractivity contribution in [1.29, 1.82) is 0 Å². The highest BCUT2D eigenvalue weighted by Crippen LogP contribution is 2.38. The Labute approximate surface area is 179 Å². The summed E-state index contributed by atoms with van der Waals surface area (Å²) in [5.74, 6) is 0. The van der Waals surface area contributed by atoms with Crippen LogP contribution in [0.5, 0.6) is 0 Å². The van der Waals surface area contributed by atoms with Gasteiger partial charge in [-0.15, -0.1) is 0 Å². The number of hydrogen-bond acceptors (Lipinski definition) is 4. The lowest BCUT2D eigenvalue weighted by Crippen LogP contribution is -2.41. The van der Waals surface area contributed by atoms with Crippen molar-refractivity contribution in [2.45, 2.75) is 123 Å². The molecule has 0 aliphatic rings. The molecule has 0 saturated carbocycles. The summed E-state index contributed by atoms with van der Waals surface area (Å²) in [7, 11) is 0. The lowest BCUT2D eigenvalue weighted by Gasteiger charge is -2.40. The summed E-state index contributed by atoms with van der Waals surface area (Å²) in [6.45, 7) is 22.7. The molecule has 0 spiro atoms. The second-order valence-corrected chi connectivity index (χ2v) is 11.7. The molecule has 1 aromatic rings. The highest BCUT2D eigenvalue weighted by Gasteiger charge is 2.38. The predicted octanol–water partition coefficient (Wildman–Crippen LogP) is 7.17.